The molecule has 4 atom stereocenters. The van der Waals surface area contributed by atoms with Gasteiger partial charge in [0.15, 0.2) is 0 Å². The first-order valence-corrected chi connectivity index (χ1v) is 14.3. The number of rotatable bonds is 3. The third kappa shape index (κ3) is 6.98. The third-order valence-electron chi connectivity index (χ3n) is 7.76. The number of hydrogen-bond acceptors (Lipinski definition) is 7. The van der Waals surface area contributed by atoms with Crippen LogP contribution in [0.2, 0.25) is 0 Å². The van der Waals surface area contributed by atoms with E-state index in [-0.39, 0.29) is 0 Å². The second-order valence-corrected chi connectivity index (χ2v) is 11.4. The van der Waals surface area contributed by atoms with Crippen molar-refractivity contribution >= 4 is 11.8 Å². The maximum absolute atomic E-state index is 5.33. The first kappa shape index (κ1) is 25.0. The molecule has 190 valence electrons. The van der Waals surface area contributed by atoms with E-state index < -0.39 is 0 Å². The lowest BCUT2D eigenvalue weighted by Crippen LogP contribution is -2.53. The van der Waals surface area contributed by atoms with Gasteiger partial charge in [0.25, 0.3) is 0 Å². The fraction of sp³-hybridized carbons (Fsp3) is 0.607. The minimum absolute atomic E-state index is 0.512. The molecule has 1 aromatic heterocycles. The fourth-order valence-electron chi connectivity index (χ4n) is 5.86. The number of nitrogens with one attached hydrogen (secondary N) is 4. The Balaban J connectivity index is 1.37. The minimum Gasteiger partial charge on any atom is -0.497 e. The largest absolute Gasteiger partial charge is 0.497 e. The van der Waals surface area contributed by atoms with Crippen LogP contribution in [0.15, 0.2) is 46.2 Å². The van der Waals surface area contributed by atoms with Crippen molar-refractivity contribution < 1.29 is 4.74 Å². The van der Waals surface area contributed by atoms with E-state index in [1.54, 1.807) is 18.9 Å². The lowest BCUT2D eigenvalue weighted by Gasteiger charge is -2.34. The van der Waals surface area contributed by atoms with Crippen LogP contribution in [0.4, 0.5) is 0 Å². The molecule has 3 aliphatic rings. The van der Waals surface area contributed by atoms with Crippen LogP contribution >= 0.6 is 11.8 Å². The Morgan fingerprint density at radius 1 is 0.686 bits per heavy atom. The highest BCUT2D eigenvalue weighted by atomic mass is 32.2. The van der Waals surface area contributed by atoms with Crippen LogP contribution in [-0.2, 0) is 13.1 Å². The van der Waals surface area contributed by atoms with Crippen molar-refractivity contribution in [3.63, 3.8) is 0 Å². The standard InChI is InChI=1S/C28H41N5OS/c1-34-22-10-12-23(13-11-22)35-24-16-20-18-31-27-8-4-2-6-25(27)29-14-15-30-26-7-3-5-9-28(26)32-19-21(17-24)33-20/h10-13,16-17,25-32H,2-9,14-15,18-19H2,1H3/t25-,26-,27-,28-/m1/s1. The van der Waals surface area contributed by atoms with Gasteiger partial charge in [-0.25, -0.2) is 0 Å². The normalized spacial score (nSPS) is 28.1. The number of benzene rings is 1. The highest BCUT2D eigenvalue weighted by Crippen LogP contribution is 2.30. The molecule has 2 fully saturated rings. The zero-order valence-electron chi connectivity index (χ0n) is 21.0. The van der Waals surface area contributed by atoms with Crippen LogP contribution in [0.25, 0.3) is 0 Å². The molecule has 35 heavy (non-hydrogen) atoms. The van der Waals surface area contributed by atoms with E-state index in [1.807, 2.05) is 12.1 Å². The third-order valence-corrected chi connectivity index (χ3v) is 8.74. The Kier molecular flexibility index (Phi) is 8.97. The van der Waals surface area contributed by atoms with Crippen LogP contribution in [-0.4, -0.2) is 49.4 Å². The molecular formula is C28H41N5OS. The van der Waals surface area contributed by atoms with Gasteiger partial charge in [0, 0.05) is 60.1 Å². The summed E-state index contributed by atoms with van der Waals surface area (Å²) in [7, 11) is 1.71. The van der Waals surface area contributed by atoms with Gasteiger partial charge in [-0.2, -0.15) is 0 Å². The molecule has 6 nitrogen and oxygen atoms in total. The predicted octanol–water partition coefficient (Wildman–Crippen LogP) is 4.24. The average molecular weight is 496 g/mol. The van der Waals surface area contributed by atoms with E-state index in [2.05, 4.69) is 45.5 Å². The lowest BCUT2D eigenvalue weighted by atomic mass is 9.89. The Bertz CT molecular complexity index is 891. The highest BCUT2D eigenvalue weighted by Gasteiger charge is 2.27. The number of pyridine rings is 1. The van der Waals surface area contributed by atoms with E-state index in [0.717, 1.165) is 43.3 Å². The van der Waals surface area contributed by atoms with Crippen LogP contribution in [0, 0.1) is 0 Å². The van der Waals surface area contributed by atoms with E-state index in [0.29, 0.717) is 24.2 Å². The summed E-state index contributed by atoms with van der Waals surface area (Å²) in [6, 6.07) is 15.0. The van der Waals surface area contributed by atoms with Gasteiger partial charge in [-0.3, -0.25) is 4.98 Å². The molecule has 0 radical (unpaired) electrons. The molecule has 1 aromatic carbocycles. The molecule has 2 saturated carbocycles. The van der Waals surface area contributed by atoms with Gasteiger partial charge in [0.05, 0.1) is 18.5 Å². The summed E-state index contributed by atoms with van der Waals surface area (Å²) in [5, 5.41) is 15.5. The summed E-state index contributed by atoms with van der Waals surface area (Å²) < 4.78 is 5.33. The molecule has 7 heteroatoms. The number of methoxy groups -OCH3 is 1. The molecule has 0 spiro atoms. The van der Waals surface area contributed by atoms with Crippen molar-refractivity contribution in [1.82, 2.24) is 26.3 Å². The van der Waals surface area contributed by atoms with Crippen LogP contribution in [0.3, 0.4) is 0 Å². The average Bonchev–Trinajstić information content (AvgIpc) is 2.90. The van der Waals surface area contributed by atoms with Crippen LogP contribution in [0.5, 0.6) is 5.75 Å². The van der Waals surface area contributed by atoms with Gasteiger partial charge in [0.1, 0.15) is 5.75 Å². The van der Waals surface area contributed by atoms with Gasteiger partial charge < -0.3 is 26.0 Å². The monoisotopic (exact) mass is 495 g/mol. The molecule has 1 aliphatic heterocycles. The van der Waals surface area contributed by atoms with Crippen molar-refractivity contribution in [2.24, 2.45) is 0 Å². The van der Waals surface area contributed by atoms with Crippen molar-refractivity contribution in [3.8, 4) is 5.75 Å². The van der Waals surface area contributed by atoms with Gasteiger partial charge in [-0.1, -0.05) is 37.4 Å². The van der Waals surface area contributed by atoms with Gasteiger partial charge in [0.2, 0.25) is 0 Å². The van der Waals surface area contributed by atoms with Crippen LogP contribution < -0.4 is 26.0 Å². The second-order valence-electron chi connectivity index (χ2n) is 10.2. The zero-order chi connectivity index (χ0) is 23.9. The molecule has 2 heterocycles. The van der Waals surface area contributed by atoms with Crippen molar-refractivity contribution in [1.29, 1.82) is 0 Å². The van der Waals surface area contributed by atoms with E-state index in [1.165, 1.54) is 61.2 Å². The topological polar surface area (TPSA) is 70.2 Å². The number of aromatic nitrogens is 1. The number of nitrogens with zero attached hydrogens (tertiary/aromatic N) is 1. The minimum atomic E-state index is 0.512. The Morgan fingerprint density at radius 2 is 1.17 bits per heavy atom. The number of ether oxygens (including phenoxy) is 1. The molecular weight excluding hydrogens is 454 g/mol. The summed E-state index contributed by atoms with van der Waals surface area (Å²) >= 11 is 1.80. The highest BCUT2D eigenvalue weighted by molar-refractivity contribution is 7.99. The Hall–Kier alpha value is -1.64. The zero-order valence-corrected chi connectivity index (χ0v) is 21.8. The predicted molar refractivity (Wildman–Crippen MR) is 143 cm³/mol. The quantitative estimate of drug-likeness (QED) is 0.508. The molecule has 2 aliphatic carbocycles. The van der Waals surface area contributed by atoms with Gasteiger partial charge in [-0.05, 0) is 62.1 Å². The van der Waals surface area contributed by atoms with E-state index in [9.17, 15) is 0 Å². The summed E-state index contributed by atoms with van der Waals surface area (Å²) in [5.41, 5.74) is 2.27. The Morgan fingerprint density at radius 3 is 1.66 bits per heavy atom. The molecule has 2 bridgehead atoms. The van der Waals surface area contributed by atoms with Gasteiger partial charge >= 0.3 is 0 Å². The molecule has 2 aromatic rings. The maximum Gasteiger partial charge on any atom is 0.118 e. The van der Waals surface area contributed by atoms with E-state index >= 15 is 0 Å². The maximum atomic E-state index is 5.33. The number of hydrogen-bond donors (Lipinski definition) is 4. The van der Waals surface area contributed by atoms with Crippen molar-refractivity contribution in [2.45, 2.75) is 98.4 Å². The first-order valence-electron chi connectivity index (χ1n) is 13.5. The lowest BCUT2D eigenvalue weighted by molar-refractivity contribution is 0.266. The molecule has 0 saturated heterocycles. The summed E-state index contributed by atoms with van der Waals surface area (Å²) in [4.78, 5) is 7.56. The summed E-state index contributed by atoms with van der Waals surface area (Å²) in [6.07, 6.45) is 10.3. The van der Waals surface area contributed by atoms with Gasteiger partial charge in [-0.15, -0.1) is 0 Å². The Labute approximate surface area is 214 Å². The SMILES string of the molecule is COc1ccc(Sc2cc3nc(c2)CN[C@@H]2CCCC[C@H]2NCCN[C@@H]2CCCC[C@H]2NC3)cc1. The summed E-state index contributed by atoms with van der Waals surface area (Å²) in [5.74, 6) is 0.891. The van der Waals surface area contributed by atoms with E-state index in [4.69, 9.17) is 9.72 Å². The number of fused-ring (bicyclic) bond motifs is 4. The fourth-order valence-corrected chi connectivity index (χ4v) is 6.80. The smallest absolute Gasteiger partial charge is 0.118 e. The molecule has 0 unspecified atom stereocenters. The second kappa shape index (κ2) is 12.5. The summed E-state index contributed by atoms with van der Waals surface area (Å²) in [6.45, 7) is 3.72. The molecule has 4 N–H and O–H groups in total. The van der Waals surface area contributed by atoms with Crippen LogP contribution in [0.1, 0.15) is 62.8 Å². The molecule has 5 rings (SSSR count). The van der Waals surface area contributed by atoms with Crippen molar-refractivity contribution in [3.05, 3.63) is 47.8 Å². The molecule has 0 amide bonds. The van der Waals surface area contributed by atoms with Crippen molar-refractivity contribution in [2.75, 3.05) is 20.2 Å². The first-order chi connectivity index (χ1) is 17.3.